The zero-order valence-corrected chi connectivity index (χ0v) is 11.0. The topological polar surface area (TPSA) is 46.3 Å². The summed E-state index contributed by atoms with van der Waals surface area (Å²) in [6.07, 6.45) is 0.679. The molecule has 0 aliphatic heterocycles. The van der Waals surface area contributed by atoms with Gasteiger partial charge in [-0.1, -0.05) is 19.1 Å². The lowest BCUT2D eigenvalue weighted by Gasteiger charge is -2.24. The van der Waals surface area contributed by atoms with E-state index in [1.54, 1.807) is 11.0 Å². The van der Waals surface area contributed by atoms with Crippen molar-refractivity contribution >= 4 is 5.91 Å². The second-order valence-corrected chi connectivity index (χ2v) is 4.46. The van der Waals surface area contributed by atoms with Gasteiger partial charge in [-0.05, 0) is 37.6 Å². The van der Waals surface area contributed by atoms with Crippen LogP contribution >= 0.6 is 0 Å². The summed E-state index contributed by atoms with van der Waals surface area (Å²) in [5.74, 6) is -0.276. The maximum absolute atomic E-state index is 13.1. The standard InChI is InChI=1S/C14H21FN2O/c1-3-17(14(18)11(2)7-8-16)10-12-5-4-6-13(15)9-12/h4-6,9,11H,3,7-8,10,16H2,1-2H3. The van der Waals surface area contributed by atoms with Gasteiger partial charge in [0, 0.05) is 19.0 Å². The minimum atomic E-state index is -0.272. The van der Waals surface area contributed by atoms with Gasteiger partial charge in [-0.2, -0.15) is 0 Å². The third kappa shape index (κ3) is 4.11. The molecule has 0 saturated heterocycles. The molecule has 0 heterocycles. The molecule has 0 fully saturated rings. The summed E-state index contributed by atoms with van der Waals surface area (Å²) in [6.45, 7) is 5.37. The first-order chi connectivity index (χ1) is 8.58. The van der Waals surface area contributed by atoms with E-state index in [0.29, 0.717) is 26.1 Å². The zero-order chi connectivity index (χ0) is 13.5. The highest BCUT2D eigenvalue weighted by atomic mass is 19.1. The maximum atomic E-state index is 13.1. The molecular formula is C14H21FN2O. The molecule has 0 aliphatic carbocycles. The van der Waals surface area contributed by atoms with E-state index in [0.717, 1.165) is 5.56 Å². The Balaban J connectivity index is 2.69. The number of hydrogen-bond donors (Lipinski definition) is 1. The third-order valence-corrected chi connectivity index (χ3v) is 2.98. The highest BCUT2D eigenvalue weighted by molar-refractivity contribution is 5.78. The predicted molar refractivity (Wildman–Crippen MR) is 70.3 cm³/mol. The molecule has 0 spiro atoms. The van der Waals surface area contributed by atoms with E-state index in [1.165, 1.54) is 12.1 Å². The van der Waals surface area contributed by atoms with Gasteiger partial charge < -0.3 is 10.6 Å². The number of halogens is 1. The lowest BCUT2D eigenvalue weighted by atomic mass is 10.1. The molecule has 3 nitrogen and oxygen atoms in total. The molecule has 0 aliphatic rings. The second-order valence-electron chi connectivity index (χ2n) is 4.46. The van der Waals surface area contributed by atoms with Crippen molar-refractivity contribution in [3.63, 3.8) is 0 Å². The maximum Gasteiger partial charge on any atom is 0.225 e. The first-order valence-electron chi connectivity index (χ1n) is 6.31. The van der Waals surface area contributed by atoms with Crippen LogP contribution in [-0.4, -0.2) is 23.9 Å². The summed E-state index contributed by atoms with van der Waals surface area (Å²) >= 11 is 0. The fraction of sp³-hybridized carbons (Fsp3) is 0.500. The quantitative estimate of drug-likeness (QED) is 0.843. The summed E-state index contributed by atoms with van der Waals surface area (Å²) in [4.78, 5) is 13.9. The molecule has 1 amide bonds. The Morgan fingerprint density at radius 3 is 2.78 bits per heavy atom. The van der Waals surface area contributed by atoms with E-state index >= 15 is 0 Å². The summed E-state index contributed by atoms with van der Waals surface area (Å²) in [7, 11) is 0. The van der Waals surface area contributed by atoms with Gasteiger partial charge in [0.1, 0.15) is 5.82 Å². The van der Waals surface area contributed by atoms with Crippen molar-refractivity contribution < 1.29 is 9.18 Å². The smallest absolute Gasteiger partial charge is 0.225 e. The van der Waals surface area contributed by atoms with Crippen molar-refractivity contribution in [3.05, 3.63) is 35.6 Å². The molecule has 18 heavy (non-hydrogen) atoms. The van der Waals surface area contributed by atoms with Gasteiger partial charge in [-0.15, -0.1) is 0 Å². The first kappa shape index (κ1) is 14.6. The highest BCUT2D eigenvalue weighted by Crippen LogP contribution is 2.12. The van der Waals surface area contributed by atoms with Gasteiger partial charge in [0.15, 0.2) is 0 Å². The zero-order valence-electron chi connectivity index (χ0n) is 11.0. The van der Waals surface area contributed by atoms with Crippen LogP contribution < -0.4 is 5.73 Å². The number of nitrogens with zero attached hydrogens (tertiary/aromatic N) is 1. The molecule has 0 radical (unpaired) electrons. The van der Waals surface area contributed by atoms with Crippen molar-refractivity contribution in [1.29, 1.82) is 0 Å². The van der Waals surface area contributed by atoms with Crippen LogP contribution in [0.5, 0.6) is 0 Å². The molecule has 0 aromatic heterocycles. The molecule has 0 bridgehead atoms. The van der Waals surface area contributed by atoms with Crippen LogP contribution in [-0.2, 0) is 11.3 Å². The van der Waals surface area contributed by atoms with E-state index in [-0.39, 0.29) is 17.6 Å². The molecule has 1 aromatic carbocycles. The minimum Gasteiger partial charge on any atom is -0.338 e. The molecule has 1 aromatic rings. The molecule has 0 saturated carbocycles. The van der Waals surface area contributed by atoms with Gasteiger partial charge in [0.2, 0.25) is 5.91 Å². The molecule has 1 unspecified atom stereocenters. The normalized spacial score (nSPS) is 12.2. The van der Waals surface area contributed by atoms with Crippen molar-refractivity contribution in [2.24, 2.45) is 11.7 Å². The van der Waals surface area contributed by atoms with E-state index in [1.807, 2.05) is 19.9 Å². The van der Waals surface area contributed by atoms with Crippen LogP contribution in [0.15, 0.2) is 24.3 Å². The van der Waals surface area contributed by atoms with Gasteiger partial charge in [0.25, 0.3) is 0 Å². The average molecular weight is 252 g/mol. The number of hydrogen-bond acceptors (Lipinski definition) is 2. The molecule has 1 atom stereocenters. The van der Waals surface area contributed by atoms with E-state index in [4.69, 9.17) is 5.73 Å². The first-order valence-corrected chi connectivity index (χ1v) is 6.31. The SMILES string of the molecule is CCN(Cc1cccc(F)c1)C(=O)C(C)CCN. The average Bonchev–Trinajstić information content (AvgIpc) is 2.35. The van der Waals surface area contributed by atoms with Crippen LogP contribution in [0, 0.1) is 11.7 Å². The number of amides is 1. The van der Waals surface area contributed by atoms with Crippen LogP contribution in [0.2, 0.25) is 0 Å². The summed E-state index contributed by atoms with van der Waals surface area (Å²) in [5, 5.41) is 0. The minimum absolute atomic E-state index is 0.0761. The summed E-state index contributed by atoms with van der Waals surface area (Å²) < 4.78 is 13.1. The lowest BCUT2D eigenvalue weighted by molar-refractivity contribution is -0.135. The number of benzene rings is 1. The number of carbonyl (C=O) groups is 1. The Morgan fingerprint density at radius 1 is 1.50 bits per heavy atom. The van der Waals surface area contributed by atoms with Crippen LogP contribution in [0.1, 0.15) is 25.8 Å². The summed E-state index contributed by atoms with van der Waals surface area (Å²) in [6, 6.07) is 6.35. The number of rotatable bonds is 6. The molecule has 100 valence electrons. The summed E-state index contributed by atoms with van der Waals surface area (Å²) in [5.41, 5.74) is 6.27. The van der Waals surface area contributed by atoms with Crippen molar-refractivity contribution in [2.75, 3.05) is 13.1 Å². The van der Waals surface area contributed by atoms with Gasteiger partial charge >= 0.3 is 0 Å². The van der Waals surface area contributed by atoms with Crippen LogP contribution in [0.3, 0.4) is 0 Å². The molecule has 2 N–H and O–H groups in total. The van der Waals surface area contributed by atoms with Crippen molar-refractivity contribution in [1.82, 2.24) is 4.90 Å². The van der Waals surface area contributed by atoms with Gasteiger partial charge in [-0.25, -0.2) is 4.39 Å². The Morgan fingerprint density at radius 2 is 2.22 bits per heavy atom. The van der Waals surface area contributed by atoms with Crippen molar-refractivity contribution in [2.45, 2.75) is 26.8 Å². The van der Waals surface area contributed by atoms with E-state index in [9.17, 15) is 9.18 Å². The molecular weight excluding hydrogens is 231 g/mol. The predicted octanol–water partition coefficient (Wildman–Crippen LogP) is 2.16. The largest absolute Gasteiger partial charge is 0.338 e. The number of carbonyl (C=O) groups excluding carboxylic acids is 1. The van der Waals surface area contributed by atoms with Gasteiger partial charge in [0.05, 0.1) is 0 Å². The lowest BCUT2D eigenvalue weighted by Crippen LogP contribution is -2.35. The Labute approximate surface area is 108 Å². The fourth-order valence-corrected chi connectivity index (χ4v) is 1.89. The monoisotopic (exact) mass is 252 g/mol. The Hall–Kier alpha value is -1.42. The van der Waals surface area contributed by atoms with Gasteiger partial charge in [-0.3, -0.25) is 4.79 Å². The Kier molecular flexibility index (Phi) is 5.78. The third-order valence-electron chi connectivity index (χ3n) is 2.98. The van der Waals surface area contributed by atoms with E-state index < -0.39 is 0 Å². The number of nitrogens with two attached hydrogens (primary N) is 1. The fourth-order valence-electron chi connectivity index (χ4n) is 1.89. The van der Waals surface area contributed by atoms with Crippen molar-refractivity contribution in [3.8, 4) is 0 Å². The highest BCUT2D eigenvalue weighted by Gasteiger charge is 2.18. The molecule has 1 rings (SSSR count). The van der Waals surface area contributed by atoms with Crippen LogP contribution in [0.25, 0.3) is 0 Å². The van der Waals surface area contributed by atoms with Crippen LogP contribution in [0.4, 0.5) is 4.39 Å². The Bertz CT molecular complexity index is 395. The molecule has 4 heteroatoms. The van der Waals surface area contributed by atoms with E-state index in [2.05, 4.69) is 0 Å². The second kappa shape index (κ2) is 7.11.